The SMILES string of the molecule is CCN(CC)CC1CCN(C(=O)CC(C)C2CCCNC2)C1.Cl.Cl. The molecule has 144 valence electrons. The molecule has 0 aromatic heterocycles. The van der Waals surface area contributed by atoms with Crippen LogP contribution in [0.5, 0.6) is 0 Å². The summed E-state index contributed by atoms with van der Waals surface area (Å²) in [5.74, 6) is 2.27. The van der Waals surface area contributed by atoms with Crippen LogP contribution in [0.25, 0.3) is 0 Å². The van der Waals surface area contributed by atoms with Gasteiger partial charge in [0.1, 0.15) is 0 Å². The van der Waals surface area contributed by atoms with Gasteiger partial charge in [0.05, 0.1) is 0 Å². The quantitative estimate of drug-likeness (QED) is 0.735. The number of rotatable bonds is 7. The minimum Gasteiger partial charge on any atom is -0.342 e. The Balaban J connectivity index is 0.00000264. The summed E-state index contributed by atoms with van der Waals surface area (Å²) in [6, 6.07) is 0. The molecule has 2 aliphatic rings. The topological polar surface area (TPSA) is 35.6 Å². The van der Waals surface area contributed by atoms with Crippen molar-refractivity contribution in [3.05, 3.63) is 0 Å². The fraction of sp³-hybridized carbons (Fsp3) is 0.944. The minimum atomic E-state index is 0. The van der Waals surface area contributed by atoms with Crippen LogP contribution < -0.4 is 5.32 Å². The average molecular weight is 382 g/mol. The average Bonchev–Trinajstić information content (AvgIpc) is 3.02. The molecule has 0 radical (unpaired) electrons. The van der Waals surface area contributed by atoms with Gasteiger partial charge in [0.25, 0.3) is 0 Å². The van der Waals surface area contributed by atoms with Crippen molar-refractivity contribution in [2.45, 2.75) is 46.5 Å². The number of nitrogens with one attached hydrogen (secondary N) is 1. The first-order valence-corrected chi connectivity index (χ1v) is 9.34. The zero-order valence-electron chi connectivity index (χ0n) is 15.6. The Morgan fingerprint density at radius 1 is 1.25 bits per heavy atom. The van der Waals surface area contributed by atoms with Gasteiger partial charge in [-0.15, -0.1) is 24.8 Å². The summed E-state index contributed by atoms with van der Waals surface area (Å²) in [5, 5.41) is 3.47. The lowest BCUT2D eigenvalue weighted by molar-refractivity contribution is -0.131. The van der Waals surface area contributed by atoms with Crippen molar-refractivity contribution in [1.29, 1.82) is 0 Å². The van der Waals surface area contributed by atoms with Crippen molar-refractivity contribution in [3.8, 4) is 0 Å². The molecule has 0 aromatic carbocycles. The predicted molar refractivity (Wildman–Crippen MR) is 106 cm³/mol. The van der Waals surface area contributed by atoms with Crippen LogP contribution in [0.1, 0.15) is 46.5 Å². The van der Waals surface area contributed by atoms with Crippen molar-refractivity contribution >= 4 is 30.7 Å². The molecular weight excluding hydrogens is 345 g/mol. The number of halogens is 2. The highest BCUT2D eigenvalue weighted by molar-refractivity contribution is 5.85. The molecule has 0 bridgehead atoms. The van der Waals surface area contributed by atoms with Crippen LogP contribution in [0.4, 0.5) is 0 Å². The largest absolute Gasteiger partial charge is 0.342 e. The second kappa shape index (κ2) is 12.3. The Morgan fingerprint density at radius 3 is 2.54 bits per heavy atom. The van der Waals surface area contributed by atoms with Gasteiger partial charge in [-0.2, -0.15) is 0 Å². The fourth-order valence-corrected chi connectivity index (χ4v) is 3.99. The van der Waals surface area contributed by atoms with E-state index in [4.69, 9.17) is 0 Å². The van der Waals surface area contributed by atoms with E-state index in [2.05, 4.69) is 35.9 Å². The van der Waals surface area contributed by atoms with Crippen LogP contribution in [-0.4, -0.2) is 61.5 Å². The van der Waals surface area contributed by atoms with E-state index < -0.39 is 0 Å². The summed E-state index contributed by atoms with van der Waals surface area (Å²) in [5.41, 5.74) is 0. The molecule has 0 spiro atoms. The number of carbonyl (C=O) groups excluding carboxylic acids is 1. The predicted octanol–water partition coefficient (Wildman–Crippen LogP) is 3.05. The Labute approximate surface area is 160 Å². The zero-order valence-corrected chi connectivity index (χ0v) is 17.3. The van der Waals surface area contributed by atoms with E-state index in [-0.39, 0.29) is 24.8 Å². The van der Waals surface area contributed by atoms with Gasteiger partial charge in [0.2, 0.25) is 5.91 Å². The maximum absolute atomic E-state index is 12.6. The normalized spacial score (nSPS) is 25.1. The lowest BCUT2D eigenvalue weighted by atomic mass is 9.85. The van der Waals surface area contributed by atoms with Gasteiger partial charge in [-0.1, -0.05) is 20.8 Å². The molecule has 24 heavy (non-hydrogen) atoms. The second-order valence-electron chi connectivity index (χ2n) is 7.27. The summed E-state index contributed by atoms with van der Waals surface area (Å²) in [4.78, 5) is 17.2. The highest BCUT2D eigenvalue weighted by Gasteiger charge is 2.29. The van der Waals surface area contributed by atoms with E-state index in [0.29, 0.717) is 23.7 Å². The molecule has 0 saturated carbocycles. The highest BCUT2D eigenvalue weighted by atomic mass is 35.5. The van der Waals surface area contributed by atoms with E-state index >= 15 is 0 Å². The molecule has 2 saturated heterocycles. The minimum absolute atomic E-state index is 0. The number of likely N-dealkylation sites (tertiary alicyclic amines) is 1. The van der Waals surface area contributed by atoms with Crippen LogP contribution in [0, 0.1) is 17.8 Å². The Bertz CT molecular complexity index is 347. The molecule has 2 fully saturated rings. The molecule has 2 rings (SSSR count). The summed E-state index contributed by atoms with van der Waals surface area (Å²) >= 11 is 0. The van der Waals surface area contributed by atoms with Crippen LogP contribution in [0.2, 0.25) is 0 Å². The molecule has 0 aliphatic carbocycles. The first-order valence-electron chi connectivity index (χ1n) is 9.34. The second-order valence-corrected chi connectivity index (χ2v) is 7.27. The Morgan fingerprint density at radius 2 is 1.96 bits per heavy atom. The third-order valence-corrected chi connectivity index (χ3v) is 5.69. The van der Waals surface area contributed by atoms with E-state index in [1.807, 2.05) is 0 Å². The van der Waals surface area contributed by atoms with Gasteiger partial charge < -0.3 is 15.1 Å². The molecular formula is C18H37Cl2N3O. The van der Waals surface area contributed by atoms with E-state index in [9.17, 15) is 4.79 Å². The van der Waals surface area contributed by atoms with E-state index in [0.717, 1.165) is 52.2 Å². The molecule has 2 heterocycles. The molecule has 4 nitrogen and oxygen atoms in total. The summed E-state index contributed by atoms with van der Waals surface area (Å²) < 4.78 is 0. The molecule has 2 aliphatic heterocycles. The molecule has 0 aromatic rings. The number of nitrogens with zero attached hydrogens (tertiary/aromatic N) is 2. The first kappa shape index (κ1) is 24.0. The Hall–Kier alpha value is -0.0300. The van der Waals surface area contributed by atoms with Crippen molar-refractivity contribution in [3.63, 3.8) is 0 Å². The van der Waals surface area contributed by atoms with Crippen LogP contribution in [0.3, 0.4) is 0 Å². The smallest absolute Gasteiger partial charge is 0.222 e. The number of hydrogen-bond donors (Lipinski definition) is 1. The molecule has 1 N–H and O–H groups in total. The van der Waals surface area contributed by atoms with E-state index in [1.165, 1.54) is 19.3 Å². The van der Waals surface area contributed by atoms with Gasteiger partial charge in [-0.3, -0.25) is 4.79 Å². The molecule has 3 atom stereocenters. The fourth-order valence-electron chi connectivity index (χ4n) is 3.99. The standard InChI is InChI=1S/C18H35N3O.2ClH/c1-4-20(5-2)13-16-8-10-21(14-16)18(22)11-15(3)17-7-6-9-19-12-17;;/h15-17,19H,4-14H2,1-3H3;2*1H. The summed E-state index contributed by atoms with van der Waals surface area (Å²) in [7, 11) is 0. The van der Waals surface area contributed by atoms with Crippen LogP contribution >= 0.6 is 24.8 Å². The monoisotopic (exact) mass is 381 g/mol. The van der Waals surface area contributed by atoms with Gasteiger partial charge in [-0.25, -0.2) is 0 Å². The van der Waals surface area contributed by atoms with Crippen molar-refractivity contribution < 1.29 is 4.79 Å². The van der Waals surface area contributed by atoms with Gasteiger partial charge in [0.15, 0.2) is 0 Å². The lowest BCUT2D eigenvalue weighted by Crippen LogP contribution is -2.37. The number of hydrogen-bond acceptors (Lipinski definition) is 3. The molecule has 3 unspecified atom stereocenters. The third kappa shape index (κ3) is 7.07. The van der Waals surface area contributed by atoms with Crippen molar-refractivity contribution in [1.82, 2.24) is 15.1 Å². The highest BCUT2D eigenvalue weighted by Crippen LogP contribution is 2.25. The lowest BCUT2D eigenvalue weighted by Gasteiger charge is -2.29. The maximum Gasteiger partial charge on any atom is 0.222 e. The van der Waals surface area contributed by atoms with Crippen LogP contribution in [0.15, 0.2) is 0 Å². The van der Waals surface area contributed by atoms with Crippen molar-refractivity contribution in [2.75, 3.05) is 45.8 Å². The number of piperidine rings is 1. The zero-order chi connectivity index (χ0) is 15.9. The van der Waals surface area contributed by atoms with Crippen LogP contribution in [-0.2, 0) is 4.79 Å². The molecule has 1 amide bonds. The summed E-state index contributed by atoms with van der Waals surface area (Å²) in [6.45, 7) is 14.3. The molecule has 6 heteroatoms. The van der Waals surface area contributed by atoms with Gasteiger partial charge in [0, 0.05) is 26.1 Å². The number of amides is 1. The first-order chi connectivity index (χ1) is 10.6. The summed E-state index contributed by atoms with van der Waals surface area (Å²) in [6.07, 6.45) is 4.47. The third-order valence-electron chi connectivity index (χ3n) is 5.69. The Kier molecular flexibility index (Phi) is 12.3. The van der Waals surface area contributed by atoms with Gasteiger partial charge >= 0.3 is 0 Å². The maximum atomic E-state index is 12.6. The van der Waals surface area contributed by atoms with Crippen molar-refractivity contribution in [2.24, 2.45) is 17.8 Å². The van der Waals surface area contributed by atoms with E-state index in [1.54, 1.807) is 0 Å². The van der Waals surface area contributed by atoms with Gasteiger partial charge in [-0.05, 0) is 63.2 Å². The number of carbonyl (C=O) groups is 1.